The summed E-state index contributed by atoms with van der Waals surface area (Å²) >= 11 is 0. The van der Waals surface area contributed by atoms with E-state index < -0.39 is 0 Å². The van der Waals surface area contributed by atoms with Crippen molar-refractivity contribution in [2.75, 3.05) is 0 Å². The molecule has 0 aliphatic rings. The van der Waals surface area contributed by atoms with Gasteiger partial charge in [0.1, 0.15) is 5.69 Å². The first-order valence-corrected chi connectivity index (χ1v) is 8.27. The molecule has 6 nitrogen and oxygen atoms in total. The van der Waals surface area contributed by atoms with Gasteiger partial charge >= 0.3 is 0 Å². The molecule has 1 N–H and O–H groups in total. The lowest BCUT2D eigenvalue weighted by molar-refractivity contribution is 0.0941. The lowest BCUT2D eigenvalue weighted by atomic mass is 10.1. The number of carbonyl (C=O) groups excluding carboxylic acids is 1. The zero-order chi connectivity index (χ0) is 17.8. The van der Waals surface area contributed by atoms with Crippen molar-refractivity contribution in [3.8, 4) is 0 Å². The summed E-state index contributed by atoms with van der Waals surface area (Å²) in [5.41, 5.74) is 2.24. The Labute approximate surface area is 149 Å². The number of hydrogen-bond donors (Lipinski definition) is 1. The molecule has 0 fully saturated rings. The Morgan fingerprint density at radius 3 is 2.62 bits per heavy atom. The van der Waals surface area contributed by atoms with E-state index in [9.17, 15) is 4.79 Å². The number of para-hydroxylation sites is 1. The van der Waals surface area contributed by atoms with E-state index >= 15 is 0 Å². The first-order chi connectivity index (χ1) is 12.8. The number of carbonyl (C=O) groups is 1. The van der Waals surface area contributed by atoms with Crippen LogP contribution in [0.25, 0.3) is 10.9 Å². The summed E-state index contributed by atoms with van der Waals surface area (Å²) in [5, 5.41) is 7.70. The van der Waals surface area contributed by atoms with E-state index in [1.165, 1.54) is 0 Å². The monoisotopic (exact) mass is 344 g/mol. The van der Waals surface area contributed by atoms with Gasteiger partial charge in [-0.05, 0) is 17.7 Å². The van der Waals surface area contributed by atoms with Crippen LogP contribution in [0.3, 0.4) is 0 Å². The number of amides is 1. The molecule has 128 valence electrons. The van der Waals surface area contributed by atoms with Crippen LogP contribution >= 0.6 is 0 Å². The van der Waals surface area contributed by atoms with Gasteiger partial charge in [-0.2, -0.15) is 4.98 Å². The molecule has 0 atom stereocenters. The molecular formula is C20H16N4O2. The van der Waals surface area contributed by atoms with E-state index in [-0.39, 0.29) is 12.5 Å². The van der Waals surface area contributed by atoms with Gasteiger partial charge in [0.15, 0.2) is 5.82 Å². The van der Waals surface area contributed by atoms with Crippen LogP contribution in [0.15, 0.2) is 71.3 Å². The van der Waals surface area contributed by atoms with Crippen LogP contribution in [-0.4, -0.2) is 21.0 Å². The summed E-state index contributed by atoms with van der Waals surface area (Å²) < 4.78 is 5.20. The average Bonchev–Trinajstić information content (AvgIpc) is 3.14. The van der Waals surface area contributed by atoms with Gasteiger partial charge in [0.2, 0.25) is 5.89 Å². The van der Waals surface area contributed by atoms with Crippen molar-refractivity contribution in [3.05, 3.63) is 89.7 Å². The molecule has 0 saturated heterocycles. The van der Waals surface area contributed by atoms with Gasteiger partial charge in [-0.25, -0.2) is 4.98 Å². The molecule has 4 aromatic rings. The number of aromatic nitrogens is 3. The van der Waals surface area contributed by atoms with E-state index in [0.29, 0.717) is 23.8 Å². The SMILES string of the molecule is O=C(NCc1nc(Cc2ccccc2)no1)c1ccc2ccccc2n1. The van der Waals surface area contributed by atoms with E-state index in [1.807, 2.05) is 60.7 Å². The maximum atomic E-state index is 12.3. The topological polar surface area (TPSA) is 80.9 Å². The minimum absolute atomic E-state index is 0.162. The first kappa shape index (κ1) is 16.0. The molecule has 0 spiro atoms. The maximum Gasteiger partial charge on any atom is 0.270 e. The van der Waals surface area contributed by atoms with Crippen LogP contribution in [0.1, 0.15) is 27.8 Å². The molecule has 26 heavy (non-hydrogen) atoms. The molecule has 0 bridgehead atoms. The highest BCUT2D eigenvalue weighted by Gasteiger charge is 2.11. The molecule has 1 amide bonds. The molecule has 2 aromatic heterocycles. The number of hydrogen-bond acceptors (Lipinski definition) is 5. The van der Waals surface area contributed by atoms with E-state index in [4.69, 9.17) is 4.52 Å². The molecule has 0 aliphatic heterocycles. The third kappa shape index (κ3) is 3.59. The number of nitrogens with one attached hydrogen (secondary N) is 1. The van der Waals surface area contributed by atoms with Crippen LogP contribution < -0.4 is 5.32 Å². The largest absolute Gasteiger partial charge is 0.342 e. The lowest BCUT2D eigenvalue weighted by Gasteiger charge is -2.03. The smallest absolute Gasteiger partial charge is 0.270 e. The Balaban J connectivity index is 1.39. The fourth-order valence-electron chi connectivity index (χ4n) is 2.65. The van der Waals surface area contributed by atoms with E-state index in [0.717, 1.165) is 16.5 Å². The fraction of sp³-hybridized carbons (Fsp3) is 0.100. The number of fused-ring (bicyclic) bond motifs is 1. The summed E-state index contributed by atoms with van der Waals surface area (Å²) in [6.07, 6.45) is 0.588. The standard InChI is InChI=1S/C20H16N4O2/c25-20(17-11-10-15-8-4-5-9-16(15)22-17)21-13-19-23-18(24-26-19)12-14-6-2-1-3-7-14/h1-11H,12-13H2,(H,21,25). The Morgan fingerprint density at radius 2 is 1.73 bits per heavy atom. The Hall–Kier alpha value is -3.54. The van der Waals surface area contributed by atoms with Crippen LogP contribution in [0.5, 0.6) is 0 Å². The summed E-state index contributed by atoms with van der Waals surface area (Å²) in [5.74, 6) is 0.674. The molecular weight excluding hydrogens is 328 g/mol. The second-order valence-corrected chi connectivity index (χ2v) is 5.84. The van der Waals surface area contributed by atoms with Crippen molar-refractivity contribution in [1.82, 2.24) is 20.4 Å². The highest BCUT2D eigenvalue weighted by Crippen LogP contribution is 2.12. The second-order valence-electron chi connectivity index (χ2n) is 5.84. The second kappa shape index (κ2) is 7.14. The minimum Gasteiger partial charge on any atom is -0.342 e. The molecule has 0 saturated carbocycles. The molecule has 0 unspecified atom stereocenters. The molecule has 2 heterocycles. The minimum atomic E-state index is -0.279. The van der Waals surface area contributed by atoms with Crippen LogP contribution in [0.2, 0.25) is 0 Å². The van der Waals surface area contributed by atoms with Gasteiger partial charge in [-0.1, -0.05) is 59.8 Å². The van der Waals surface area contributed by atoms with Gasteiger partial charge in [-0.15, -0.1) is 0 Å². The Kier molecular flexibility index (Phi) is 4.38. The highest BCUT2D eigenvalue weighted by atomic mass is 16.5. The van der Waals surface area contributed by atoms with Gasteiger partial charge in [0.05, 0.1) is 12.1 Å². The van der Waals surface area contributed by atoms with Crippen molar-refractivity contribution in [2.24, 2.45) is 0 Å². The third-order valence-corrected chi connectivity index (χ3v) is 3.95. The summed E-state index contributed by atoms with van der Waals surface area (Å²) in [6, 6.07) is 21.1. The zero-order valence-electron chi connectivity index (χ0n) is 13.9. The van der Waals surface area contributed by atoms with Gasteiger partial charge in [0.25, 0.3) is 5.91 Å². The zero-order valence-corrected chi connectivity index (χ0v) is 13.9. The number of pyridine rings is 1. The average molecular weight is 344 g/mol. The molecule has 0 radical (unpaired) electrons. The first-order valence-electron chi connectivity index (χ1n) is 8.27. The lowest BCUT2D eigenvalue weighted by Crippen LogP contribution is -2.24. The summed E-state index contributed by atoms with van der Waals surface area (Å²) in [4.78, 5) is 21.0. The van der Waals surface area contributed by atoms with Crippen LogP contribution in [0, 0.1) is 0 Å². The van der Waals surface area contributed by atoms with E-state index in [2.05, 4.69) is 20.4 Å². The summed E-state index contributed by atoms with van der Waals surface area (Å²) in [6.45, 7) is 0.162. The van der Waals surface area contributed by atoms with Crippen molar-refractivity contribution in [2.45, 2.75) is 13.0 Å². The highest BCUT2D eigenvalue weighted by molar-refractivity contribution is 5.94. The van der Waals surface area contributed by atoms with Gasteiger partial charge < -0.3 is 9.84 Å². The third-order valence-electron chi connectivity index (χ3n) is 3.95. The van der Waals surface area contributed by atoms with Crippen LogP contribution in [0.4, 0.5) is 0 Å². The van der Waals surface area contributed by atoms with Crippen molar-refractivity contribution < 1.29 is 9.32 Å². The number of benzene rings is 2. The maximum absolute atomic E-state index is 12.3. The molecule has 0 aliphatic carbocycles. The van der Waals surface area contributed by atoms with Crippen molar-refractivity contribution in [3.63, 3.8) is 0 Å². The summed E-state index contributed by atoms with van der Waals surface area (Å²) in [7, 11) is 0. The fourth-order valence-corrected chi connectivity index (χ4v) is 2.65. The number of rotatable bonds is 5. The molecule has 4 rings (SSSR count). The van der Waals surface area contributed by atoms with Crippen molar-refractivity contribution >= 4 is 16.8 Å². The normalized spacial score (nSPS) is 10.8. The predicted molar refractivity (Wildman–Crippen MR) is 96.5 cm³/mol. The van der Waals surface area contributed by atoms with Gasteiger partial charge in [0, 0.05) is 11.8 Å². The van der Waals surface area contributed by atoms with Crippen LogP contribution in [-0.2, 0) is 13.0 Å². The predicted octanol–water partition coefficient (Wildman–Crippen LogP) is 3.14. The quantitative estimate of drug-likeness (QED) is 0.601. The Bertz CT molecular complexity index is 1040. The molecule has 2 aromatic carbocycles. The van der Waals surface area contributed by atoms with E-state index in [1.54, 1.807) is 6.07 Å². The molecule has 6 heteroatoms. The van der Waals surface area contributed by atoms with Gasteiger partial charge in [-0.3, -0.25) is 4.79 Å². The number of nitrogens with zero attached hydrogens (tertiary/aromatic N) is 3. The Morgan fingerprint density at radius 1 is 0.923 bits per heavy atom. The van der Waals surface area contributed by atoms with Crippen molar-refractivity contribution in [1.29, 1.82) is 0 Å².